The molecule has 6 atom stereocenters. The average molecular weight is 1140 g/mol. The Hall–Kier alpha value is -7.45. The zero-order valence-electron chi connectivity index (χ0n) is 46.2. The van der Waals surface area contributed by atoms with Crippen LogP contribution in [-0.2, 0) is 19.2 Å². The van der Waals surface area contributed by atoms with Crippen LogP contribution in [0.4, 0.5) is 19.0 Å². The van der Waals surface area contributed by atoms with Crippen LogP contribution in [0.1, 0.15) is 88.6 Å². The Labute approximate surface area is 476 Å². The van der Waals surface area contributed by atoms with Crippen molar-refractivity contribution in [2.24, 2.45) is 5.41 Å². The number of carbonyl (C=O) groups excluding carboxylic acids is 4. The first kappa shape index (κ1) is 56.4. The Morgan fingerprint density at radius 1 is 0.976 bits per heavy atom. The number of aryl methyl sites for hydroxylation is 1. The molecule has 4 saturated heterocycles. The number of rotatable bonds is 16. The van der Waals surface area contributed by atoms with E-state index in [1.165, 1.54) is 46.7 Å². The lowest BCUT2D eigenvalue weighted by Gasteiger charge is -2.36. The van der Waals surface area contributed by atoms with Crippen molar-refractivity contribution in [1.82, 2.24) is 50.6 Å². The largest absolute Gasteiger partial charge is 0.508 e. The van der Waals surface area contributed by atoms with Gasteiger partial charge in [0.1, 0.15) is 40.7 Å². The van der Waals surface area contributed by atoms with Crippen LogP contribution in [0.3, 0.4) is 0 Å². The van der Waals surface area contributed by atoms with Gasteiger partial charge in [-0.1, -0.05) is 57.0 Å². The first-order valence-electron chi connectivity index (χ1n) is 28.0. The van der Waals surface area contributed by atoms with Crippen LogP contribution in [0.2, 0.25) is 0 Å². The summed E-state index contributed by atoms with van der Waals surface area (Å²) in [5.74, 6) is -1.06. The Morgan fingerprint density at radius 3 is 2.38 bits per heavy atom. The van der Waals surface area contributed by atoms with Crippen LogP contribution in [0, 0.1) is 36.3 Å². The number of ether oxygens (including phenoxy) is 1. The van der Waals surface area contributed by atoms with E-state index in [9.17, 15) is 33.8 Å². The van der Waals surface area contributed by atoms with Gasteiger partial charge in [0.05, 0.1) is 52.2 Å². The molecule has 2 bridgehead atoms. The zero-order valence-corrected chi connectivity index (χ0v) is 47.0. The number of piperazine rings is 2. The number of aromatic hydroxyl groups is 1. The standard InChI is InChI=1S/C60H66F3N11O7S/c1-6-41-44(61)15-12-36-24-39(75)25-42(48(36)41)50-49(62)51-43(28-64-50)54(73-29-37-13-14-38(30-73)66-37)70-58(68-51)81-23-7-18-71-19-21-72(22-20-71)47(77)27-45(34-8-10-35(11-9-34)52-33(2)65-32-82-52)67-55(78)46-26-40(76)31-74(46)56(79)53(59(3,4)5)69-57(80)60(63)16-17-60/h1,8-12,15,24-25,28,32,37-38,40,45-46,53,66,75-76H,7,13-14,16-23,26-27,29-31H2,2-5H3,(H,67,78)(H,69,80)/t37?,38?,40?,45-,46?,53+/m0/s1. The van der Waals surface area contributed by atoms with Gasteiger partial charge in [-0.3, -0.25) is 29.1 Å². The summed E-state index contributed by atoms with van der Waals surface area (Å²) in [6, 6.07) is 10.2. The highest BCUT2D eigenvalue weighted by Gasteiger charge is 2.53. The minimum atomic E-state index is -2.03. The van der Waals surface area contributed by atoms with Gasteiger partial charge in [0.15, 0.2) is 11.5 Å². The number of phenolic OH excluding ortho intramolecular Hbond substituents is 1. The molecular formula is C60H66F3N11O7S. The number of benzene rings is 3. The van der Waals surface area contributed by atoms with Crippen LogP contribution in [0.15, 0.2) is 60.2 Å². The number of aromatic nitrogens is 4. The third kappa shape index (κ3) is 11.5. The van der Waals surface area contributed by atoms with Gasteiger partial charge in [-0.25, -0.2) is 18.2 Å². The van der Waals surface area contributed by atoms with Gasteiger partial charge in [-0.15, -0.1) is 17.8 Å². The second-order valence-electron chi connectivity index (χ2n) is 23.4. The number of fused-ring (bicyclic) bond motifs is 4. The van der Waals surface area contributed by atoms with E-state index >= 15 is 8.78 Å². The van der Waals surface area contributed by atoms with Crippen molar-refractivity contribution in [3.63, 3.8) is 0 Å². The average Bonchev–Trinajstić information content (AvgIpc) is 2.94. The fourth-order valence-corrected chi connectivity index (χ4v) is 12.7. The molecule has 3 aromatic carbocycles. The predicted octanol–water partition coefficient (Wildman–Crippen LogP) is 6.34. The summed E-state index contributed by atoms with van der Waals surface area (Å²) >= 11 is 1.50. The van der Waals surface area contributed by atoms with Crippen molar-refractivity contribution < 1.29 is 47.3 Å². The van der Waals surface area contributed by atoms with Crippen molar-refractivity contribution in [3.05, 3.63) is 88.7 Å². The number of nitrogens with zero attached hydrogens (tertiary/aromatic N) is 8. The highest BCUT2D eigenvalue weighted by Crippen LogP contribution is 2.42. The lowest BCUT2D eigenvalue weighted by atomic mass is 9.85. The molecule has 0 spiro atoms. The number of alkyl halides is 1. The van der Waals surface area contributed by atoms with Gasteiger partial charge in [0.2, 0.25) is 17.7 Å². The molecule has 4 unspecified atom stereocenters. The van der Waals surface area contributed by atoms with E-state index in [2.05, 4.69) is 46.6 Å². The normalized spacial score (nSPS) is 21.3. The molecule has 5 N–H and O–H groups in total. The number of anilines is 1. The van der Waals surface area contributed by atoms with Gasteiger partial charge in [-0.2, -0.15) is 9.97 Å². The molecule has 3 aromatic heterocycles. The monoisotopic (exact) mass is 1140 g/mol. The van der Waals surface area contributed by atoms with Crippen molar-refractivity contribution >= 4 is 62.5 Å². The first-order chi connectivity index (χ1) is 39.2. The number of hydrogen-bond donors (Lipinski definition) is 5. The molecule has 1 saturated carbocycles. The Morgan fingerprint density at radius 2 is 1.71 bits per heavy atom. The van der Waals surface area contributed by atoms with Gasteiger partial charge in [0.25, 0.3) is 5.91 Å². The number of amides is 4. The molecule has 4 aliphatic heterocycles. The molecule has 7 heterocycles. The molecule has 18 nitrogen and oxygen atoms in total. The maximum atomic E-state index is 17.1. The van der Waals surface area contributed by atoms with Crippen molar-refractivity contribution in [3.8, 4) is 45.8 Å². The smallest absolute Gasteiger partial charge is 0.319 e. The molecule has 5 aliphatic rings. The summed E-state index contributed by atoms with van der Waals surface area (Å²) in [6.07, 6.45) is 8.71. The molecule has 0 radical (unpaired) electrons. The Bertz CT molecular complexity index is 3490. The van der Waals surface area contributed by atoms with Crippen molar-refractivity contribution in [2.45, 2.75) is 115 Å². The number of aliphatic hydroxyl groups is 1. The third-order valence-corrected chi connectivity index (χ3v) is 17.5. The summed E-state index contributed by atoms with van der Waals surface area (Å²) < 4.78 is 53.3. The minimum absolute atomic E-state index is 0.0307. The summed E-state index contributed by atoms with van der Waals surface area (Å²) in [5, 5.41) is 31.9. The van der Waals surface area contributed by atoms with Gasteiger partial charge in [0, 0.05) is 88.0 Å². The number of hydrogen-bond acceptors (Lipinski definition) is 15. The van der Waals surface area contributed by atoms with E-state index in [1.54, 1.807) is 31.2 Å². The number of carbonyl (C=O) groups is 4. The first-order valence-corrected chi connectivity index (χ1v) is 28.8. The highest BCUT2D eigenvalue weighted by molar-refractivity contribution is 7.13. The fraction of sp³-hybridized carbons (Fsp3) is 0.467. The van der Waals surface area contributed by atoms with Gasteiger partial charge in [-0.05, 0) is 79.2 Å². The van der Waals surface area contributed by atoms with Crippen LogP contribution in [-0.4, -0.2) is 163 Å². The summed E-state index contributed by atoms with van der Waals surface area (Å²) in [5.41, 5.74) is 1.12. The van der Waals surface area contributed by atoms with E-state index in [1.807, 2.05) is 31.2 Å². The summed E-state index contributed by atoms with van der Waals surface area (Å²) in [7, 11) is 0. The molecule has 11 rings (SSSR count). The van der Waals surface area contributed by atoms with Crippen LogP contribution >= 0.6 is 11.3 Å². The Kier molecular flexibility index (Phi) is 15.6. The minimum Gasteiger partial charge on any atom is -0.508 e. The van der Waals surface area contributed by atoms with Crippen LogP contribution in [0.25, 0.3) is 43.4 Å². The fourth-order valence-electron chi connectivity index (χ4n) is 11.9. The van der Waals surface area contributed by atoms with E-state index in [-0.39, 0.29) is 96.3 Å². The lowest BCUT2D eigenvalue weighted by Crippen LogP contribution is -2.59. The summed E-state index contributed by atoms with van der Waals surface area (Å²) in [6.45, 7) is 10.9. The van der Waals surface area contributed by atoms with Crippen molar-refractivity contribution in [2.75, 3.05) is 63.9 Å². The zero-order chi connectivity index (χ0) is 57.8. The van der Waals surface area contributed by atoms with Crippen LogP contribution in [0.5, 0.6) is 11.8 Å². The van der Waals surface area contributed by atoms with Crippen molar-refractivity contribution in [1.29, 1.82) is 0 Å². The number of nitrogens with one attached hydrogen (secondary N) is 3. The van der Waals surface area contributed by atoms with E-state index in [0.29, 0.717) is 74.4 Å². The number of phenols is 1. The number of thiazole rings is 1. The van der Waals surface area contributed by atoms with Gasteiger partial charge >= 0.3 is 6.01 Å². The maximum absolute atomic E-state index is 17.1. The molecule has 22 heteroatoms. The summed E-state index contributed by atoms with van der Waals surface area (Å²) in [4.78, 5) is 82.6. The molecule has 5 fully saturated rings. The number of halogens is 3. The second-order valence-corrected chi connectivity index (χ2v) is 24.3. The van der Waals surface area contributed by atoms with Gasteiger partial charge < -0.3 is 45.6 Å². The van der Waals surface area contributed by atoms with E-state index in [4.69, 9.17) is 16.1 Å². The topological polar surface area (TPSA) is 219 Å². The number of pyridine rings is 1. The van der Waals surface area contributed by atoms with E-state index < -0.39 is 64.7 Å². The second kappa shape index (κ2) is 22.7. The molecule has 6 aromatic rings. The number of aliphatic hydroxyl groups excluding tert-OH is 1. The highest BCUT2D eigenvalue weighted by atomic mass is 32.1. The quantitative estimate of drug-likeness (QED) is 0.0528. The Balaban J connectivity index is 0.761. The number of β-amino-alcohol motifs (C(OH)–C–C–N with tert-alkyl or cyclic N) is 1. The molecular weight excluding hydrogens is 1080 g/mol. The third-order valence-electron chi connectivity index (χ3n) is 16.6. The van der Waals surface area contributed by atoms with Crippen LogP contribution < -0.4 is 25.6 Å². The lowest BCUT2D eigenvalue weighted by molar-refractivity contribution is -0.145. The predicted molar refractivity (Wildman–Crippen MR) is 303 cm³/mol. The SMILES string of the molecule is C#Cc1c(F)ccc2cc(O)cc(-c3ncc4c(N5CC6CCC(C5)N6)nc(OCCCN5CCN(C(=O)C[C@H](NC(=O)C6CC(O)CN6C(=O)[C@@H](NC(=O)C6(F)CC6)C(C)(C)C)c6ccc(-c7scnc7C)cc6)CC5)nc4c3F)c12. The molecule has 4 amide bonds. The maximum Gasteiger partial charge on any atom is 0.319 e. The number of terminal acetylenes is 1. The molecule has 1 aliphatic carbocycles. The molecule has 82 heavy (non-hydrogen) atoms. The molecule has 430 valence electrons. The van der Waals surface area contributed by atoms with E-state index in [0.717, 1.165) is 29.0 Å². The number of likely N-dealkylation sites (tertiary alicyclic amines) is 1.